The van der Waals surface area contributed by atoms with Crippen molar-refractivity contribution in [1.29, 1.82) is 0 Å². The second-order valence-electron chi connectivity index (χ2n) is 5.37. The standard InChI is InChI=1S/C13H22N2O2/c1-6-17-12(13(2,3)4)11(16)7-10-8-14-15(5)9-10/h8-9,12H,6-7H2,1-5H3. The van der Waals surface area contributed by atoms with Crippen molar-refractivity contribution in [3.05, 3.63) is 18.0 Å². The van der Waals surface area contributed by atoms with Crippen LogP contribution in [0, 0.1) is 5.41 Å². The molecule has 0 fully saturated rings. The van der Waals surface area contributed by atoms with E-state index < -0.39 is 0 Å². The van der Waals surface area contributed by atoms with Gasteiger partial charge in [0.25, 0.3) is 0 Å². The lowest BCUT2D eigenvalue weighted by Crippen LogP contribution is -2.38. The zero-order chi connectivity index (χ0) is 13.1. The minimum atomic E-state index is -0.354. The van der Waals surface area contributed by atoms with Gasteiger partial charge in [-0.05, 0) is 17.9 Å². The second-order valence-corrected chi connectivity index (χ2v) is 5.37. The summed E-state index contributed by atoms with van der Waals surface area (Å²) in [5.74, 6) is 0.118. The fraction of sp³-hybridized carbons (Fsp3) is 0.692. The average molecular weight is 238 g/mol. The lowest BCUT2D eigenvalue weighted by molar-refractivity contribution is -0.136. The summed E-state index contributed by atoms with van der Waals surface area (Å²) in [6.45, 7) is 8.54. The Labute approximate surface area is 103 Å². The number of nitrogens with zero attached hydrogens (tertiary/aromatic N) is 2. The third-order valence-corrected chi connectivity index (χ3v) is 2.55. The topological polar surface area (TPSA) is 44.1 Å². The molecule has 0 radical (unpaired) electrons. The maximum absolute atomic E-state index is 12.2. The molecule has 1 aromatic heterocycles. The van der Waals surface area contributed by atoms with Gasteiger partial charge in [0, 0.05) is 26.3 Å². The smallest absolute Gasteiger partial charge is 0.166 e. The van der Waals surface area contributed by atoms with Crippen LogP contribution in [0.25, 0.3) is 0 Å². The van der Waals surface area contributed by atoms with E-state index in [4.69, 9.17) is 4.74 Å². The van der Waals surface area contributed by atoms with Gasteiger partial charge >= 0.3 is 0 Å². The molecule has 0 aliphatic heterocycles. The summed E-state index contributed by atoms with van der Waals surface area (Å²) in [6, 6.07) is 0. The van der Waals surface area contributed by atoms with Gasteiger partial charge in [-0.3, -0.25) is 9.48 Å². The third-order valence-electron chi connectivity index (χ3n) is 2.55. The van der Waals surface area contributed by atoms with E-state index in [1.165, 1.54) is 0 Å². The Kier molecular flexibility index (Phi) is 4.46. The van der Waals surface area contributed by atoms with Crippen molar-refractivity contribution in [1.82, 2.24) is 9.78 Å². The quantitative estimate of drug-likeness (QED) is 0.788. The predicted octanol–water partition coefficient (Wildman–Crippen LogP) is 1.98. The average Bonchev–Trinajstić information content (AvgIpc) is 2.58. The van der Waals surface area contributed by atoms with E-state index in [1.807, 2.05) is 40.9 Å². The highest BCUT2D eigenvalue weighted by Crippen LogP contribution is 2.24. The lowest BCUT2D eigenvalue weighted by atomic mass is 9.85. The van der Waals surface area contributed by atoms with Crippen LogP contribution in [0.3, 0.4) is 0 Å². The van der Waals surface area contributed by atoms with E-state index in [1.54, 1.807) is 10.9 Å². The minimum absolute atomic E-state index is 0.118. The van der Waals surface area contributed by atoms with Gasteiger partial charge < -0.3 is 4.74 Å². The van der Waals surface area contributed by atoms with Gasteiger partial charge in [-0.2, -0.15) is 5.10 Å². The number of aromatic nitrogens is 2. The molecular formula is C13H22N2O2. The third kappa shape index (κ3) is 3.97. The van der Waals surface area contributed by atoms with Gasteiger partial charge in [0.1, 0.15) is 6.10 Å². The fourth-order valence-electron chi connectivity index (χ4n) is 1.85. The Hall–Kier alpha value is -1.16. The Morgan fingerprint density at radius 1 is 1.53 bits per heavy atom. The Morgan fingerprint density at radius 3 is 2.59 bits per heavy atom. The first-order valence-corrected chi connectivity index (χ1v) is 5.96. The molecule has 0 aliphatic rings. The maximum atomic E-state index is 12.2. The first-order chi connectivity index (χ1) is 7.84. The van der Waals surface area contributed by atoms with Gasteiger partial charge in [0.15, 0.2) is 5.78 Å². The van der Waals surface area contributed by atoms with Crippen molar-refractivity contribution >= 4 is 5.78 Å². The molecular weight excluding hydrogens is 216 g/mol. The fourth-order valence-corrected chi connectivity index (χ4v) is 1.85. The first kappa shape index (κ1) is 13.9. The summed E-state index contributed by atoms with van der Waals surface area (Å²) in [6.07, 6.45) is 3.62. The van der Waals surface area contributed by atoms with E-state index in [0.29, 0.717) is 13.0 Å². The molecule has 1 heterocycles. The molecule has 0 N–H and O–H groups in total. The molecule has 0 aliphatic carbocycles. The molecule has 1 atom stereocenters. The molecule has 4 heteroatoms. The van der Waals surface area contributed by atoms with Crippen LogP contribution in [-0.2, 0) is 23.0 Å². The summed E-state index contributed by atoms with van der Waals surface area (Å²) in [4.78, 5) is 12.2. The molecule has 1 rings (SSSR count). The molecule has 17 heavy (non-hydrogen) atoms. The van der Waals surface area contributed by atoms with Gasteiger partial charge in [-0.15, -0.1) is 0 Å². The largest absolute Gasteiger partial charge is 0.370 e. The van der Waals surface area contributed by atoms with Gasteiger partial charge in [0.05, 0.1) is 6.20 Å². The molecule has 0 aromatic carbocycles. The molecule has 4 nitrogen and oxygen atoms in total. The highest BCUT2D eigenvalue weighted by molar-refractivity contribution is 5.85. The summed E-state index contributed by atoms with van der Waals surface area (Å²) in [7, 11) is 1.85. The van der Waals surface area contributed by atoms with Gasteiger partial charge in [-0.25, -0.2) is 0 Å². The summed E-state index contributed by atoms with van der Waals surface area (Å²) >= 11 is 0. The number of Topliss-reactive ketones (excluding diaryl/α,β-unsaturated/α-hetero) is 1. The SMILES string of the molecule is CCOC(C(=O)Cc1cnn(C)c1)C(C)(C)C. The van der Waals surface area contributed by atoms with Gasteiger partial charge in [-0.1, -0.05) is 20.8 Å². The van der Waals surface area contributed by atoms with Crippen molar-refractivity contribution in [3.8, 4) is 0 Å². The van der Waals surface area contributed by atoms with Crippen LogP contribution in [0.4, 0.5) is 0 Å². The summed E-state index contributed by atoms with van der Waals surface area (Å²) in [5, 5.41) is 4.06. The normalized spacial score (nSPS) is 13.7. The van der Waals surface area contributed by atoms with Crippen LogP contribution < -0.4 is 0 Å². The minimum Gasteiger partial charge on any atom is -0.370 e. The predicted molar refractivity (Wildman–Crippen MR) is 66.8 cm³/mol. The van der Waals surface area contributed by atoms with E-state index in [9.17, 15) is 4.79 Å². The molecule has 0 amide bonds. The van der Waals surface area contributed by atoms with Crippen molar-refractivity contribution < 1.29 is 9.53 Å². The van der Waals surface area contributed by atoms with Crippen LogP contribution in [0.2, 0.25) is 0 Å². The van der Waals surface area contributed by atoms with Crippen molar-refractivity contribution in [2.45, 2.75) is 40.2 Å². The molecule has 96 valence electrons. The number of rotatable bonds is 5. The lowest BCUT2D eigenvalue weighted by Gasteiger charge is -2.29. The van der Waals surface area contributed by atoms with E-state index in [0.717, 1.165) is 5.56 Å². The molecule has 0 saturated carbocycles. The number of hydrogen-bond donors (Lipinski definition) is 0. The van der Waals surface area contributed by atoms with Crippen molar-refractivity contribution in [3.63, 3.8) is 0 Å². The Balaban J connectivity index is 2.72. The Morgan fingerprint density at radius 2 is 2.18 bits per heavy atom. The summed E-state index contributed by atoms with van der Waals surface area (Å²) < 4.78 is 7.27. The zero-order valence-corrected chi connectivity index (χ0v) is 11.4. The number of aryl methyl sites for hydroxylation is 1. The van der Waals surface area contributed by atoms with Crippen LogP contribution in [-0.4, -0.2) is 28.3 Å². The monoisotopic (exact) mass is 238 g/mol. The highest BCUT2D eigenvalue weighted by Gasteiger charge is 2.31. The number of ketones is 1. The molecule has 0 saturated heterocycles. The molecule has 1 unspecified atom stereocenters. The van der Waals surface area contributed by atoms with Crippen molar-refractivity contribution in [2.75, 3.05) is 6.61 Å². The highest BCUT2D eigenvalue weighted by atomic mass is 16.5. The molecule has 0 bridgehead atoms. The zero-order valence-electron chi connectivity index (χ0n) is 11.4. The van der Waals surface area contributed by atoms with Crippen molar-refractivity contribution in [2.24, 2.45) is 12.5 Å². The van der Waals surface area contributed by atoms with E-state index in [-0.39, 0.29) is 17.3 Å². The van der Waals surface area contributed by atoms with Crippen LogP contribution in [0.5, 0.6) is 0 Å². The van der Waals surface area contributed by atoms with Crippen LogP contribution >= 0.6 is 0 Å². The number of carbonyl (C=O) groups is 1. The molecule has 0 spiro atoms. The van der Waals surface area contributed by atoms with E-state index >= 15 is 0 Å². The van der Waals surface area contributed by atoms with Crippen LogP contribution in [0.15, 0.2) is 12.4 Å². The number of ether oxygens (including phenoxy) is 1. The van der Waals surface area contributed by atoms with Crippen LogP contribution in [0.1, 0.15) is 33.3 Å². The Bertz CT molecular complexity index is 377. The number of carbonyl (C=O) groups excluding carboxylic acids is 1. The summed E-state index contributed by atoms with van der Waals surface area (Å²) in [5.41, 5.74) is 0.765. The first-order valence-electron chi connectivity index (χ1n) is 5.96. The number of hydrogen-bond acceptors (Lipinski definition) is 3. The second kappa shape index (κ2) is 5.45. The maximum Gasteiger partial charge on any atom is 0.166 e. The van der Waals surface area contributed by atoms with E-state index in [2.05, 4.69) is 5.10 Å². The van der Waals surface area contributed by atoms with Gasteiger partial charge in [0.2, 0.25) is 0 Å². The molecule has 1 aromatic rings.